The van der Waals surface area contributed by atoms with E-state index in [9.17, 15) is 9.18 Å². The van der Waals surface area contributed by atoms with Crippen molar-refractivity contribution < 1.29 is 18.7 Å². The zero-order chi connectivity index (χ0) is 17.2. The highest BCUT2D eigenvalue weighted by Crippen LogP contribution is 2.30. The highest BCUT2D eigenvalue weighted by molar-refractivity contribution is 5.86. The number of ether oxygens (including phenoxy) is 2. The first-order chi connectivity index (χ1) is 11.5. The maximum atomic E-state index is 13.3. The van der Waals surface area contributed by atoms with E-state index in [2.05, 4.69) is 4.90 Å². The number of benzene rings is 1. The molecule has 2 N–H and O–H groups in total. The van der Waals surface area contributed by atoms with Crippen molar-refractivity contribution in [2.24, 2.45) is 5.73 Å². The molecule has 2 fully saturated rings. The molecule has 0 bridgehead atoms. The number of hydrogen-bond donors (Lipinski definition) is 1. The van der Waals surface area contributed by atoms with Crippen LogP contribution in [0.25, 0.3) is 0 Å². The van der Waals surface area contributed by atoms with E-state index >= 15 is 0 Å². The fourth-order valence-corrected chi connectivity index (χ4v) is 3.33. The Morgan fingerprint density at radius 3 is 2.38 bits per heavy atom. The molecule has 3 rings (SSSR count). The van der Waals surface area contributed by atoms with E-state index in [-0.39, 0.29) is 36.5 Å². The summed E-state index contributed by atoms with van der Waals surface area (Å²) in [6.45, 7) is 3.60. The van der Waals surface area contributed by atoms with Crippen LogP contribution in [0, 0.1) is 5.82 Å². The molecule has 0 radical (unpaired) electrons. The summed E-state index contributed by atoms with van der Waals surface area (Å²) in [5.74, 6) is 0.194. The quantitative estimate of drug-likeness (QED) is 0.824. The molecule has 0 atom stereocenters. The van der Waals surface area contributed by atoms with Gasteiger partial charge < -0.3 is 25.0 Å². The van der Waals surface area contributed by atoms with Crippen LogP contribution in [-0.4, -0.2) is 62.8 Å². The van der Waals surface area contributed by atoms with E-state index in [1.165, 1.54) is 19.2 Å². The average molecular weight is 410 g/mol. The summed E-state index contributed by atoms with van der Waals surface area (Å²) < 4.78 is 23.9. The maximum absolute atomic E-state index is 13.3. The van der Waals surface area contributed by atoms with Crippen LogP contribution in [0.15, 0.2) is 18.2 Å². The largest absolute Gasteiger partial charge is 0.494 e. The fourth-order valence-electron chi connectivity index (χ4n) is 3.33. The lowest BCUT2D eigenvalue weighted by atomic mass is 9.89. The van der Waals surface area contributed by atoms with Crippen molar-refractivity contribution in [3.8, 4) is 5.75 Å². The minimum Gasteiger partial charge on any atom is -0.494 e. The minimum atomic E-state index is -0.798. The van der Waals surface area contributed by atoms with Gasteiger partial charge in [0, 0.05) is 45.5 Å². The number of carbonyl (C=O) groups excluding carboxylic acids is 1. The van der Waals surface area contributed by atoms with Crippen LogP contribution in [0.3, 0.4) is 0 Å². The zero-order valence-electron chi connectivity index (χ0n) is 14.8. The first kappa shape index (κ1) is 22.8. The molecule has 1 amide bonds. The second kappa shape index (κ2) is 9.60. The van der Waals surface area contributed by atoms with Gasteiger partial charge in [-0.15, -0.1) is 24.8 Å². The van der Waals surface area contributed by atoms with Crippen LogP contribution in [0.4, 0.5) is 10.1 Å². The topological polar surface area (TPSA) is 68.0 Å². The van der Waals surface area contributed by atoms with Crippen LogP contribution in [0.1, 0.15) is 12.8 Å². The van der Waals surface area contributed by atoms with Gasteiger partial charge in [-0.2, -0.15) is 0 Å². The molecule has 148 valence electrons. The number of nitrogens with zero attached hydrogens (tertiary/aromatic N) is 2. The molecule has 0 saturated carbocycles. The summed E-state index contributed by atoms with van der Waals surface area (Å²) in [6.07, 6.45) is 1.13. The molecule has 2 aliphatic rings. The SMILES string of the molecule is COc1cc(F)ccc1N1CCN(C(=O)C2(N)CCOCC2)CC1.Cl.Cl. The molecule has 1 aromatic carbocycles. The van der Waals surface area contributed by atoms with Crippen molar-refractivity contribution in [3.63, 3.8) is 0 Å². The number of rotatable bonds is 3. The number of nitrogens with two attached hydrogens (primary N) is 1. The summed E-state index contributed by atoms with van der Waals surface area (Å²) in [5, 5.41) is 0. The zero-order valence-corrected chi connectivity index (χ0v) is 16.4. The molecule has 2 heterocycles. The third-order valence-corrected chi connectivity index (χ3v) is 4.86. The molecular formula is C17H26Cl2FN3O3. The second-order valence-electron chi connectivity index (χ2n) is 6.36. The van der Waals surface area contributed by atoms with Gasteiger partial charge in [-0.3, -0.25) is 4.79 Å². The van der Waals surface area contributed by atoms with E-state index < -0.39 is 5.54 Å². The summed E-state index contributed by atoms with van der Waals surface area (Å²) >= 11 is 0. The van der Waals surface area contributed by atoms with Crippen molar-refractivity contribution in [1.82, 2.24) is 4.90 Å². The average Bonchev–Trinajstić information content (AvgIpc) is 2.62. The summed E-state index contributed by atoms with van der Waals surface area (Å²) in [7, 11) is 1.53. The molecular weight excluding hydrogens is 384 g/mol. The Labute approximate surface area is 165 Å². The molecule has 0 aromatic heterocycles. The summed E-state index contributed by atoms with van der Waals surface area (Å²) in [4.78, 5) is 16.7. The maximum Gasteiger partial charge on any atom is 0.242 e. The third kappa shape index (κ3) is 4.71. The summed E-state index contributed by atoms with van der Waals surface area (Å²) in [6, 6.07) is 4.52. The van der Waals surface area contributed by atoms with E-state index in [0.29, 0.717) is 58.0 Å². The smallest absolute Gasteiger partial charge is 0.242 e. The van der Waals surface area contributed by atoms with Gasteiger partial charge in [-0.25, -0.2) is 4.39 Å². The molecule has 0 aliphatic carbocycles. The lowest BCUT2D eigenvalue weighted by Crippen LogP contribution is -2.61. The van der Waals surface area contributed by atoms with Crippen LogP contribution < -0.4 is 15.4 Å². The number of hydrogen-bond acceptors (Lipinski definition) is 5. The van der Waals surface area contributed by atoms with Gasteiger partial charge >= 0.3 is 0 Å². The lowest BCUT2D eigenvalue weighted by Gasteiger charge is -2.41. The molecule has 1 aromatic rings. The number of anilines is 1. The van der Waals surface area contributed by atoms with Crippen LogP contribution in [0.2, 0.25) is 0 Å². The summed E-state index contributed by atoms with van der Waals surface area (Å²) in [5.41, 5.74) is 6.34. The minimum absolute atomic E-state index is 0. The molecule has 9 heteroatoms. The molecule has 2 saturated heterocycles. The van der Waals surface area contributed by atoms with Gasteiger partial charge in [0.1, 0.15) is 11.6 Å². The van der Waals surface area contributed by atoms with Gasteiger partial charge in [0.05, 0.1) is 18.3 Å². The Morgan fingerprint density at radius 2 is 1.81 bits per heavy atom. The molecule has 6 nitrogen and oxygen atoms in total. The van der Waals surface area contributed by atoms with Crippen LogP contribution in [0.5, 0.6) is 5.75 Å². The van der Waals surface area contributed by atoms with Crippen molar-refractivity contribution in [3.05, 3.63) is 24.0 Å². The van der Waals surface area contributed by atoms with Gasteiger partial charge in [-0.05, 0) is 25.0 Å². The van der Waals surface area contributed by atoms with Crippen LogP contribution >= 0.6 is 24.8 Å². The Hall–Kier alpha value is -1.28. The highest BCUT2D eigenvalue weighted by Gasteiger charge is 2.39. The third-order valence-electron chi connectivity index (χ3n) is 4.86. The van der Waals surface area contributed by atoms with E-state index in [1.54, 1.807) is 6.07 Å². The van der Waals surface area contributed by atoms with Gasteiger partial charge in [0.15, 0.2) is 0 Å². The van der Waals surface area contributed by atoms with Crippen molar-refractivity contribution in [1.29, 1.82) is 0 Å². The Balaban J connectivity index is 0.00000169. The van der Waals surface area contributed by atoms with Gasteiger partial charge in [0.25, 0.3) is 0 Å². The van der Waals surface area contributed by atoms with Crippen molar-refractivity contribution in [2.45, 2.75) is 18.4 Å². The van der Waals surface area contributed by atoms with Crippen molar-refractivity contribution in [2.75, 3.05) is 51.4 Å². The Bertz CT molecular complexity index is 607. The molecule has 26 heavy (non-hydrogen) atoms. The van der Waals surface area contributed by atoms with Gasteiger partial charge in [-0.1, -0.05) is 0 Å². The van der Waals surface area contributed by atoms with E-state index in [0.717, 1.165) is 5.69 Å². The molecule has 0 spiro atoms. The monoisotopic (exact) mass is 409 g/mol. The number of halogens is 3. The van der Waals surface area contributed by atoms with Crippen molar-refractivity contribution >= 4 is 36.4 Å². The number of piperazine rings is 1. The first-order valence-corrected chi connectivity index (χ1v) is 8.28. The number of methoxy groups -OCH3 is 1. The number of amides is 1. The lowest BCUT2D eigenvalue weighted by molar-refractivity contribution is -0.140. The Morgan fingerprint density at radius 1 is 1.19 bits per heavy atom. The standard InChI is InChI=1S/C17H24FN3O3.2ClH/c1-23-15-12-13(18)2-3-14(15)20-6-8-21(9-7-20)16(22)17(19)4-10-24-11-5-17;;/h2-3,12H,4-11,19H2,1H3;2*1H. The highest BCUT2D eigenvalue weighted by atomic mass is 35.5. The molecule has 0 unspecified atom stereocenters. The fraction of sp³-hybridized carbons (Fsp3) is 0.588. The predicted molar refractivity (Wildman–Crippen MR) is 103 cm³/mol. The van der Waals surface area contributed by atoms with Gasteiger partial charge in [0.2, 0.25) is 5.91 Å². The van der Waals surface area contributed by atoms with E-state index in [1.807, 2.05) is 4.90 Å². The second-order valence-corrected chi connectivity index (χ2v) is 6.36. The Kier molecular flexibility index (Phi) is 8.40. The first-order valence-electron chi connectivity index (χ1n) is 8.28. The number of carbonyl (C=O) groups is 1. The predicted octanol–water partition coefficient (Wildman–Crippen LogP) is 1.83. The van der Waals surface area contributed by atoms with Crippen LogP contribution in [-0.2, 0) is 9.53 Å². The molecule has 2 aliphatic heterocycles. The normalized spacial score (nSPS) is 19.2. The van der Waals surface area contributed by atoms with E-state index in [4.69, 9.17) is 15.2 Å².